The number of aromatic nitrogens is 6. The topological polar surface area (TPSA) is 259 Å². The molecule has 0 bridgehead atoms. The van der Waals surface area contributed by atoms with Gasteiger partial charge in [0.25, 0.3) is 0 Å². The van der Waals surface area contributed by atoms with Gasteiger partial charge in [0.15, 0.2) is 17.3 Å². The highest BCUT2D eigenvalue weighted by molar-refractivity contribution is 8.24. The molecule has 3 aliphatic heterocycles. The lowest BCUT2D eigenvalue weighted by Crippen LogP contribution is -2.17. The van der Waals surface area contributed by atoms with E-state index in [1.807, 2.05) is 0 Å². The highest BCUT2D eigenvalue weighted by Crippen LogP contribution is 2.61. The number of nitrogen functional groups attached to an aromatic ring is 1. The Kier molecular flexibility index (Phi) is 17.4. The number of H-pyrrole nitrogens is 1. The Morgan fingerprint density at radius 2 is 0.867 bits per heavy atom. The highest BCUT2D eigenvalue weighted by atomic mass is 36.0. The molecule has 3 atom stereocenters. The first-order chi connectivity index (χ1) is 39.3. The molecule has 9 heterocycles. The molecule has 428 valence electrons. The van der Waals surface area contributed by atoms with Crippen LogP contribution in [0, 0.1) is 55.7 Å². The summed E-state index contributed by atoms with van der Waals surface area (Å²) in [5.74, 6) is -3.48. The van der Waals surface area contributed by atoms with Crippen molar-refractivity contribution in [2.45, 2.75) is 58.3 Å². The third-order valence-corrected chi connectivity index (χ3v) is 12.5. The van der Waals surface area contributed by atoms with Gasteiger partial charge in [-0.15, -0.1) is 0 Å². The van der Waals surface area contributed by atoms with Crippen molar-refractivity contribution in [1.29, 1.82) is 0 Å². The van der Waals surface area contributed by atoms with Crippen molar-refractivity contribution in [3.8, 4) is 34.4 Å². The van der Waals surface area contributed by atoms with Crippen molar-refractivity contribution in [2.75, 3.05) is 5.73 Å². The number of hydrogen-bond donors (Lipinski definition) is 2. The average molecular weight is 1250 g/mol. The summed E-state index contributed by atoms with van der Waals surface area (Å²) in [6, 6.07) is 19.6. The van der Waals surface area contributed by atoms with E-state index in [-0.39, 0.29) is 104 Å². The maximum absolute atomic E-state index is 14.0. The number of cyclic esters (lactones) is 3. The van der Waals surface area contributed by atoms with Crippen molar-refractivity contribution in [3.63, 3.8) is 0 Å². The van der Waals surface area contributed by atoms with Crippen LogP contribution in [0.25, 0.3) is 34.4 Å². The summed E-state index contributed by atoms with van der Waals surface area (Å²) in [6.07, 6.45) is -2.68. The van der Waals surface area contributed by atoms with E-state index in [1.54, 1.807) is 57.2 Å². The second-order valence-electron chi connectivity index (χ2n) is 18.1. The number of ether oxygens (including phenoxy) is 3. The standard InChI is InChI=1S/C18H11ClF2N2O3.C18H13F2N3O3.C18H12F2N2O4.Cl3OP/c1-8-2-5-12(25-8)15-14-16(23-18(19)22-15)13(26-17(14)24)6-9-3-4-10(20)7-11(9)21;1-8-2-5-12(25-8)15-14-16(23-18(21)22-15)13(26-17(14)24)6-9-3-4-10(19)7-11(9)20;1-8-2-5-12(25-8)15-14-16(22-18(24)21-15)13(26-17(14)23)6-9-3-4-10(19)7-11(9)20;1-5(2,3)4/h2-5,7,13H,6H2,1H3;2-5,7,13H,6H2,1H3,(H2,21,22,23);2-5,7,13H,6H2,1H3,(H,21,22,24);. The molecule has 0 amide bonds. The summed E-state index contributed by atoms with van der Waals surface area (Å²) < 4.78 is 123. The van der Waals surface area contributed by atoms with E-state index in [9.17, 15) is 50.1 Å². The Labute approximate surface area is 482 Å². The molecule has 83 heavy (non-hydrogen) atoms. The van der Waals surface area contributed by atoms with Crippen molar-refractivity contribution in [3.05, 3.63) is 209 Å². The molecule has 6 aromatic heterocycles. The van der Waals surface area contributed by atoms with Crippen molar-refractivity contribution < 1.29 is 72.8 Å². The third-order valence-electron chi connectivity index (χ3n) is 12.3. The van der Waals surface area contributed by atoms with Gasteiger partial charge in [0, 0.05) is 37.5 Å². The number of furan rings is 3. The van der Waals surface area contributed by atoms with Gasteiger partial charge in [-0.05, 0) is 137 Å². The predicted octanol–water partition coefficient (Wildman–Crippen LogP) is 13.7. The molecule has 29 heteroatoms. The summed E-state index contributed by atoms with van der Waals surface area (Å²) in [5.41, 5.74) is 7.23. The summed E-state index contributed by atoms with van der Waals surface area (Å²) in [4.78, 5) is 71.7. The number of carbonyl (C=O) groups is 3. The lowest BCUT2D eigenvalue weighted by Gasteiger charge is -2.11. The van der Waals surface area contributed by atoms with E-state index >= 15 is 0 Å². The Bertz CT molecular complexity index is 3980. The van der Waals surface area contributed by atoms with Gasteiger partial charge in [-0.25, -0.2) is 65.5 Å². The molecule has 3 aromatic carbocycles. The maximum atomic E-state index is 14.0. The van der Waals surface area contributed by atoms with E-state index in [2.05, 4.69) is 63.6 Å². The van der Waals surface area contributed by atoms with Crippen LogP contribution >= 0.6 is 50.5 Å². The molecule has 0 aliphatic carbocycles. The number of anilines is 1. The third kappa shape index (κ3) is 13.8. The molecule has 3 N–H and O–H groups in total. The fourth-order valence-corrected chi connectivity index (χ4v) is 8.97. The first kappa shape index (κ1) is 59.3. The summed E-state index contributed by atoms with van der Waals surface area (Å²) in [7, 11) is 0. The number of aromatic amines is 1. The minimum absolute atomic E-state index is 0.00205. The number of nitrogens with one attached hydrogen (secondary N) is 1. The smallest absolute Gasteiger partial charge is 0.345 e. The lowest BCUT2D eigenvalue weighted by molar-refractivity contribution is 0.0371. The molecular weight excluding hydrogens is 1210 g/mol. The fourth-order valence-electron chi connectivity index (χ4n) is 8.79. The summed E-state index contributed by atoms with van der Waals surface area (Å²) in [6.45, 7) is 5.23. The molecule has 9 aromatic rings. The first-order valence-electron chi connectivity index (χ1n) is 24.0. The Hall–Kier alpha value is -8.28. The number of hydrogen-bond acceptors (Lipinski definition) is 17. The Balaban J connectivity index is 0.000000144. The first-order valence-corrected chi connectivity index (χ1v) is 28.8. The zero-order valence-electron chi connectivity index (χ0n) is 42.5. The lowest BCUT2D eigenvalue weighted by atomic mass is 10.0. The number of nitrogens with zero attached hydrogens (tertiary/aromatic N) is 5. The van der Waals surface area contributed by atoms with Gasteiger partial charge >= 0.3 is 28.8 Å². The predicted molar refractivity (Wildman–Crippen MR) is 285 cm³/mol. The van der Waals surface area contributed by atoms with Crippen LogP contribution in [0.1, 0.15) is 100 Å². The number of benzene rings is 3. The molecule has 18 nitrogen and oxygen atoms in total. The molecule has 3 unspecified atom stereocenters. The maximum Gasteiger partial charge on any atom is 0.345 e. The molecule has 3 aliphatic rings. The van der Waals surface area contributed by atoms with Crippen LogP contribution in [0.3, 0.4) is 0 Å². The zero-order valence-corrected chi connectivity index (χ0v) is 46.5. The van der Waals surface area contributed by atoms with E-state index in [4.69, 9.17) is 44.8 Å². The van der Waals surface area contributed by atoms with Gasteiger partial charge in [0.05, 0.1) is 5.69 Å². The van der Waals surface area contributed by atoms with E-state index in [0.29, 0.717) is 28.8 Å². The summed E-state index contributed by atoms with van der Waals surface area (Å²) in [5, 5.41) is -3.31. The van der Waals surface area contributed by atoms with Crippen LogP contribution < -0.4 is 11.4 Å². The molecule has 0 saturated heterocycles. The zero-order chi connectivity index (χ0) is 59.8. The molecule has 12 rings (SSSR count). The minimum Gasteiger partial charge on any atom is -0.460 e. The summed E-state index contributed by atoms with van der Waals surface area (Å²) >= 11 is 19.8. The van der Waals surface area contributed by atoms with Gasteiger partial charge < -0.3 is 38.2 Å². The number of halogens is 10. The SMILES string of the molecule is Cc1ccc(-c2nc(=O)[nH]c3c2C(=O)OC3Cc2ccc(F)cc2F)o1.Cc1ccc(-c2nc(Cl)nc3c2C(=O)OC3Cc2ccc(F)cc2F)o1.Cc1ccc(-c2nc(N)nc3c2C(=O)OC3Cc2ccc(F)cc2F)o1.O=P(Cl)(Cl)Cl. The van der Waals surface area contributed by atoms with Crippen molar-refractivity contribution >= 4 is 74.4 Å². The number of carbonyl (C=O) groups excluding carboxylic acids is 3. The molecule has 0 spiro atoms. The second-order valence-corrected chi connectivity index (χ2v) is 25.1. The van der Waals surface area contributed by atoms with E-state index in [0.717, 1.165) is 36.4 Å². The van der Waals surface area contributed by atoms with Crippen LogP contribution in [-0.2, 0) is 38.0 Å². The number of fused-ring (bicyclic) bond motifs is 3. The fraction of sp³-hybridized carbons (Fsp3) is 0.167. The minimum atomic E-state index is -3.22. The number of rotatable bonds is 9. The van der Waals surface area contributed by atoms with Crippen LogP contribution in [-0.4, -0.2) is 47.8 Å². The number of nitrogens with two attached hydrogens (primary N) is 1. The second kappa shape index (κ2) is 24.3. The Morgan fingerprint density at radius 1 is 0.506 bits per heavy atom. The number of esters is 3. The normalized spacial score (nSPS) is 15.6. The van der Waals surface area contributed by atoms with Gasteiger partial charge in [-0.2, -0.15) is 4.98 Å². The molecule has 0 radical (unpaired) electrons. The molecule has 0 saturated carbocycles. The van der Waals surface area contributed by atoms with Crippen LogP contribution in [0.15, 0.2) is 109 Å². The Morgan fingerprint density at radius 3 is 1.27 bits per heavy atom. The van der Waals surface area contributed by atoms with Crippen LogP contribution in [0.2, 0.25) is 5.28 Å². The van der Waals surface area contributed by atoms with Gasteiger partial charge in [-0.1, -0.05) is 18.2 Å². The molecule has 0 fully saturated rings. The number of aryl methyl sites for hydroxylation is 3. The largest absolute Gasteiger partial charge is 0.460 e. The van der Waals surface area contributed by atoms with E-state index in [1.165, 1.54) is 18.2 Å². The highest BCUT2D eigenvalue weighted by Gasteiger charge is 2.41. The monoisotopic (exact) mass is 1240 g/mol. The molecular formula is C54H36Cl4F6N7O11P. The van der Waals surface area contributed by atoms with Crippen LogP contribution in [0.5, 0.6) is 0 Å². The van der Waals surface area contributed by atoms with Gasteiger partial charge in [-0.3, -0.25) is 4.57 Å². The average Bonchev–Trinajstić information content (AvgIpc) is 3.08. The van der Waals surface area contributed by atoms with Crippen LogP contribution in [0.4, 0.5) is 32.3 Å². The van der Waals surface area contributed by atoms with Gasteiger partial charge in [0.1, 0.15) is 116 Å². The van der Waals surface area contributed by atoms with E-state index < -0.39 is 82.0 Å². The van der Waals surface area contributed by atoms with Crippen molar-refractivity contribution in [2.24, 2.45) is 0 Å². The van der Waals surface area contributed by atoms with Crippen molar-refractivity contribution in [1.82, 2.24) is 29.9 Å². The quantitative estimate of drug-likeness (QED) is 0.0447. The van der Waals surface area contributed by atoms with Gasteiger partial charge in [0.2, 0.25) is 11.2 Å².